The van der Waals surface area contributed by atoms with Gasteiger partial charge in [-0.1, -0.05) is 26.7 Å². The number of likely N-dealkylation sites (tertiary alicyclic amines) is 1. The summed E-state index contributed by atoms with van der Waals surface area (Å²) in [6.07, 6.45) is 6.59. The third-order valence-electron chi connectivity index (χ3n) is 3.90. The first kappa shape index (κ1) is 20.8. The summed E-state index contributed by atoms with van der Waals surface area (Å²) in [6.45, 7) is 10.3. The van der Waals surface area contributed by atoms with E-state index in [1.807, 2.05) is 0 Å². The molecule has 0 aromatic heterocycles. The normalized spacial score (nSPS) is 18.9. The molecular formula is C15H33NO4S. The highest BCUT2D eigenvalue weighted by atomic mass is 32.2. The van der Waals surface area contributed by atoms with Crippen molar-refractivity contribution in [1.82, 2.24) is 0 Å². The zero-order chi connectivity index (χ0) is 16.4. The smallest absolute Gasteiger partial charge is 0.147 e. The highest BCUT2D eigenvalue weighted by Crippen LogP contribution is 2.16. The molecule has 1 saturated heterocycles. The van der Waals surface area contributed by atoms with E-state index < -0.39 is 15.6 Å². The zero-order valence-electron chi connectivity index (χ0n) is 14.1. The minimum Gasteiger partial charge on any atom is -0.746 e. The van der Waals surface area contributed by atoms with Gasteiger partial charge in [-0.2, -0.15) is 0 Å². The molecule has 0 spiro atoms. The van der Waals surface area contributed by atoms with Crippen molar-refractivity contribution in [3.8, 4) is 0 Å². The Hall–Kier alpha value is -0.170. The molecule has 1 fully saturated rings. The summed E-state index contributed by atoms with van der Waals surface area (Å²) >= 11 is 0. The Labute approximate surface area is 131 Å². The molecule has 0 bridgehead atoms. The van der Waals surface area contributed by atoms with Gasteiger partial charge in [-0.15, -0.1) is 0 Å². The summed E-state index contributed by atoms with van der Waals surface area (Å²) in [5.41, 5.74) is -1.16. The van der Waals surface area contributed by atoms with E-state index in [2.05, 4.69) is 14.0 Å². The Morgan fingerprint density at radius 2 is 1.71 bits per heavy atom. The predicted molar refractivity (Wildman–Crippen MR) is 84.9 cm³/mol. The minimum absolute atomic E-state index is 0.256. The molecule has 1 aliphatic rings. The third-order valence-corrected chi connectivity index (χ3v) is 4.91. The molecule has 0 amide bonds. The summed E-state index contributed by atoms with van der Waals surface area (Å²) in [5.74, 6) is 0. The van der Waals surface area contributed by atoms with E-state index in [4.69, 9.17) is 4.74 Å². The Bertz CT molecular complexity index is 345. The molecular weight excluding hydrogens is 290 g/mol. The van der Waals surface area contributed by atoms with Crippen molar-refractivity contribution < 1.29 is 22.2 Å². The molecule has 0 aromatic rings. The standard InChI is InChI=1S/C9H20N.C6H14O4S/c1-3-4-7-10(2)8-5-6-9-10;1-3-5-6(10-4-2)11(7,8)9/h3-9H2,1-2H3;6H,3-5H2,1-2H3,(H,7,8,9)/q+1;/p-1. The van der Waals surface area contributed by atoms with Gasteiger partial charge >= 0.3 is 0 Å². The monoisotopic (exact) mass is 323 g/mol. The van der Waals surface area contributed by atoms with Crippen LogP contribution in [-0.2, 0) is 14.9 Å². The van der Waals surface area contributed by atoms with Crippen molar-refractivity contribution in [1.29, 1.82) is 0 Å². The maximum atomic E-state index is 10.4. The van der Waals surface area contributed by atoms with Crippen LogP contribution >= 0.6 is 0 Å². The first-order valence-electron chi connectivity index (χ1n) is 8.19. The quantitative estimate of drug-likeness (QED) is 0.509. The number of unbranched alkanes of at least 4 members (excludes halogenated alkanes) is 1. The van der Waals surface area contributed by atoms with Crippen LogP contribution in [0.15, 0.2) is 0 Å². The molecule has 1 rings (SSSR count). The lowest BCUT2D eigenvalue weighted by Crippen LogP contribution is -2.41. The molecule has 1 unspecified atom stereocenters. The molecule has 1 atom stereocenters. The molecule has 0 aliphatic carbocycles. The van der Waals surface area contributed by atoms with E-state index >= 15 is 0 Å². The summed E-state index contributed by atoms with van der Waals surface area (Å²) in [4.78, 5) is 0. The number of quaternary nitrogens is 1. The number of hydrogen-bond donors (Lipinski definition) is 0. The topological polar surface area (TPSA) is 66.4 Å². The van der Waals surface area contributed by atoms with E-state index in [0.717, 1.165) is 0 Å². The van der Waals surface area contributed by atoms with Crippen LogP contribution < -0.4 is 0 Å². The fourth-order valence-electron chi connectivity index (χ4n) is 2.59. The Morgan fingerprint density at radius 1 is 1.14 bits per heavy atom. The van der Waals surface area contributed by atoms with Gasteiger partial charge in [0.1, 0.15) is 15.6 Å². The van der Waals surface area contributed by atoms with Crippen LogP contribution in [0, 0.1) is 0 Å². The van der Waals surface area contributed by atoms with Crippen molar-refractivity contribution in [2.24, 2.45) is 0 Å². The van der Waals surface area contributed by atoms with Gasteiger partial charge in [-0.05, 0) is 19.8 Å². The highest BCUT2D eigenvalue weighted by molar-refractivity contribution is 7.86. The van der Waals surface area contributed by atoms with Gasteiger partial charge in [0.15, 0.2) is 0 Å². The van der Waals surface area contributed by atoms with Crippen molar-refractivity contribution >= 4 is 10.1 Å². The first-order valence-corrected chi connectivity index (χ1v) is 9.66. The number of rotatable bonds is 8. The van der Waals surface area contributed by atoms with E-state index in [9.17, 15) is 13.0 Å². The second-order valence-corrected chi connectivity index (χ2v) is 7.53. The van der Waals surface area contributed by atoms with Gasteiger partial charge in [0.05, 0.1) is 26.7 Å². The van der Waals surface area contributed by atoms with Crippen LogP contribution in [0.1, 0.15) is 59.3 Å². The Morgan fingerprint density at radius 3 is 2.10 bits per heavy atom. The maximum absolute atomic E-state index is 10.4. The average Bonchev–Trinajstić information content (AvgIpc) is 2.83. The number of ether oxygens (including phenoxy) is 1. The number of hydrogen-bond acceptors (Lipinski definition) is 4. The fraction of sp³-hybridized carbons (Fsp3) is 1.00. The second-order valence-electron chi connectivity index (χ2n) is 6.02. The zero-order valence-corrected chi connectivity index (χ0v) is 15.0. The van der Waals surface area contributed by atoms with Crippen LogP contribution in [0.4, 0.5) is 0 Å². The molecule has 0 radical (unpaired) electrons. The van der Waals surface area contributed by atoms with E-state index in [-0.39, 0.29) is 13.0 Å². The lowest BCUT2D eigenvalue weighted by molar-refractivity contribution is -0.897. The molecule has 0 saturated carbocycles. The summed E-state index contributed by atoms with van der Waals surface area (Å²) in [7, 11) is -1.86. The van der Waals surface area contributed by atoms with Gasteiger partial charge in [-0.3, -0.25) is 0 Å². The molecule has 0 N–H and O–H groups in total. The molecule has 1 heterocycles. The van der Waals surface area contributed by atoms with Gasteiger partial charge in [0, 0.05) is 19.4 Å². The Kier molecular flexibility index (Phi) is 10.5. The number of nitrogens with zero attached hydrogens (tertiary/aromatic N) is 1. The van der Waals surface area contributed by atoms with Gasteiger partial charge < -0.3 is 13.8 Å². The Balaban J connectivity index is 0.000000382. The van der Waals surface area contributed by atoms with Crippen molar-refractivity contribution in [3.63, 3.8) is 0 Å². The first-order chi connectivity index (χ1) is 9.79. The third kappa shape index (κ3) is 9.45. The molecule has 6 heteroatoms. The second kappa shape index (κ2) is 10.5. The van der Waals surface area contributed by atoms with Gasteiger partial charge in [-0.25, -0.2) is 8.42 Å². The van der Waals surface area contributed by atoms with E-state index in [1.165, 1.54) is 49.8 Å². The summed E-state index contributed by atoms with van der Waals surface area (Å²) in [5, 5.41) is 0. The predicted octanol–water partition coefficient (Wildman–Crippen LogP) is 2.72. The van der Waals surface area contributed by atoms with Crippen LogP contribution in [0.5, 0.6) is 0 Å². The SMILES string of the molecule is CCCC(OCC)S(=O)(=O)[O-].CCCC[N+]1(C)CCCC1. The van der Waals surface area contributed by atoms with Crippen molar-refractivity contribution in [2.75, 3.05) is 33.3 Å². The highest BCUT2D eigenvalue weighted by Gasteiger charge is 2.25. The maximum Gasteiger partial charge on any atom is 0.147 e. The van der Waals surface area contributed by atoms with Crippen LogP contribution in [-0.4, -0.2) is 56.2 Å². The average molecular weight is 323 g/mol. The van der Waals surface area contributed by atoms with Crippen LogP contribution in [0.25, 0.3) is 0 Å². The molecule has 5 nitrogen and oxygen atoms in total. The minimum atomic E-state index is -4.26. The lowest BCUT2D eigenvalue weighted by atomic mass is 10.3. The van der Waals surface area contributed by atoms with Crippen molar-refractivity contribution in [2.45, 2.75) is 64.7 Å². The molecule has 128 valence electrons. The van der Waals surface area contributed by atoms with Crippen molar-refractivity contribution in [3.05, 3.63) is 0 Å². The molecule has 1 aliphatic heterocycles. The summed E-state index contributed by atoms with van der Waals surface area (Å²) < 4.78 is 37.4. The van der Waals surface area contributed by atoms with Gasteiger partial charge in [0.25, 0.3) is 0 Å². The fourth-order valence-corrected chi connectivity index (χ4v) is 3.42. The van der Waals surface area contributed by atoms with E-state index in [0.29, 0.717) is 6.42 Å². The van der Waals surface area contributed by atoms with Crippen LogP contribution in [0.3, 0.4) is 0 Å². The van der Waals surface area contributed by atoms with Gasteiger partial charge in [0.2, 0.25) is 0 Å². The molecule has 21 heavy (non-hydrogen) atoms. The van der Waals surface area contributed by atoms with E-state index in [1.54, 1.807) is 13.8 Å². The van der Waals surface area contributed by atoms with Crippen LogP contribution in [0.2, 0.25) is 0 Å². The molecule has 0 aromatic carbocycles. The summed E-state index contributed by atoms with van der Waals surface area (Å²) in [6, 6.07) is 0. The lowest BCUT2D eigenvalue weighted by Gasteiger charge is -2.28. The largest absolute Gasteiger partial charge is 0.746 e.